The van der Waals surface area contributed by atoms with Crippen LogP contribution in [0.5, 0.6) is 0 Å². The van der Waals surface area contributed by atoms with Crippen LogP contribution in [0.3, 0.4) is 0 Å². The number of benzene rings is 1. The van der Waals surface area contributed by atoms with E-state index in [0.717, 1.165) is 12.8 Å². The smallest absolute Gasteiger partial charge is 0.175 e. The van der Waals surface area contributed by atoms with Crippen LogP contribution in [0, 0.1) is 5.82 Å². The van der Waals surface area contributed by atoms with Crippen LogP contribution < -0.4 is 10.6 Å². The van der Waals surface area contributed by atoms with Crippen LogP contribution in [0.1, 0.15) is 32.3 Å². The second-order valence-electron chi connectivity index (χ2n) is 4.37. The topological polar surface area (TPSA) is 61.8 Å². The van der Waals surface area contributed by atoms with E-state index in [9.17, 15) is 4.39 Å². The zero-order valence-corrected chi connectivity index (χ0v) is 11.0. The Morgan fingerprint density at radius 1 is 1.56 bits per heavy atom. The van der Waals surface area contributed by atoms with Crippen molar-refractivity contribution in [1.29, 1.82) is 0 Å². The Labute approximate surface area is 107 Å². The minimum absolute atomic E-state index is 0.144. The van der Waals surface area contributed by atoms with Gasteiger partial charge in [0.1, 0.15) is 5.82 Å². The molecular formula is C13H20FN3O. The van der Waals surface area contributed by atoms with Crippen molar-refractivity contribution < 1.29 is 9.60 Å². The highest BCUT2D eigenvalue weighted by atomic mass is 19.1. The second-order valence-corrected chi connectivity index (χ2v) is 4.37. The summed E-state index contributed by atoms with van der Waals surface area (Å²) in [5.41, 5.74) is 6.32. The zero-order chi connectivity index (χ0) is 13.7. The normalized spacial score (nSPS) is 13.4. The van der Waals surface area contributed by atoms with Crippen LogP contribution in [0.2, 0.25) is 0 Å². The van der Waals surface area contributed by atoms with Crippen molar-refractivity contribution in [3.05, 3.63) is 29.6 Å². The first-order chi connectivity index (χ1) is 8.52. The molecule has 3 N–H and O–H groups in total. The molecule has 0 saturated carbocycles. The van der Waals surface area contributed by atoms with E-state index >= 15 is 0 Å². The highest BCUT2D eigenvalue weighted by Crippen LogP contribution is 2.24. The first kappa shape index (κ1) is 14.3. The van der Waals surface area contributed by atoms with Crippen LogP contribution in [0.25, 0.3) is 0 Å². The van der Waals surface area contributed by atoms with E-state index < -0.39 is 5.82 Å². The number of hydrogen-bond donors (Lipinski definition) is 2. The summed E-state index contributed by atoms with van der Waals surface area (Å²) in [5.74, 6) is -0.697. The summed E-state index contributed by atoms with van der Waals surface area (Å²) in [4.78, 5) is 1.94. The number of amidine groups is 1. The van der Waals surface area contributed by atoms with Gasteiger partial charge in [0.25, 0.3) is 0 Å². The minimum atomic E-state index is -0.488. The molecule has 4 nitrogen and oxygen atoms in total. The van der Waals surface area contributed by atoms with Crippen molar-refractivity contribution in [3.63, 3.8) is 0 Å². The zero-order valence-electron chi connectivity index (χ0n) is 11.0. The molecule has 1 unspecified atom stereocenters. The standard InChI is InChI=1S/C13H20FN3O/c1-4-6-9(2)17(3)11-8-5-7-10(14)12(11)13(15)16-18/h5,7-9,18H,4,6H2,1-3H3,(H2,15,16). The first-order valence-corrected chi connectivity index (χ1v) is 6.02. The number of nitrogens with zero attached hydrogens (tertiary/aromatic N) is 2. The highest BCUT2D eigenvalue weighted by molar-refractivity contribution is 6.02. The summed E-state index contributed by atoms with van der Waals surface area (Å²) < 4.78 is 13.8. The molecule has 0 aliphatic heterocycles. The fourth-order valence-corrected chi connectivity index (χ4v) is 1.96. The minimum Gasteiger partial charge on any atom is -0.409 e. The number of oxime groups is 1. The molecule has 0 aliphatic carbocycles. The van der Waals surface area contributed by atoms with Gasteiger partial charge < -0.3 is 15.8 Å². The number of nitrogens with two attached hydrogens (primary N) is 1. The Morgan fingerprint density at radius 3 is 2.78 bits per heavy atom. The van der Waals surface area contributed by atoms with Crippen molar-refractivity contribution in [2.75, 3.05) is 11.9 Å². The van der Waals surface area contributed by atoms with Gasteiger partial charge in [0.2, 0.25) is 0 Å². The van der Waals surface area contributed by atoms with E-state index in [1.54, 1.807) is 12.1 Å². The summed E-state index contributed by atoms with van der Waals surface area (Å²) in [5, 5.41) is 11.6. The molecule has 100 valence electrons. The summed E-state index contributed by atoms with van der Waals surface area (Å²) in [7, 11) is 1.88. The van der Waals surface area contributed by atoms with Crippen LogP contribution in [0.15, 0.2) is 23.4 Å². The van der Waals surface area contributed by atoms with E-state index in [4.69, 9.17) is 10.9 Å². The number of rotatable bonds is 5. The predicted molar refractivity (Wildman–Crippen MR) is 71.7 cm³/mol. The number of hydrogen-bond acceptors (Lipinski definition) is 3. The van der Waals surface area contributed by atoms with E-state index in [-0.39, 0.29) is 17.4 Å². The molecule has 1 rings (SSSR count). The average Bonchev–Trinajstić information content (AvgIpc) is 2.37. The lowest BCUT2D eigenvalue weighted by Crippen LogP contribution is -2.31. The molecule has 0 fully saturated rings. The van der Waals surface area contributed by atoms with Gasteiger partial charge in [-0.15, -0.1) is 0 Å². The molecule has 1 aromatic rings. The van der Waals surface area contributed by atoms with E-state index in [2.05, 4.69) is 19.0 Å². The van der Waals surface area contributed by atoms with E-state index in [1.165, 1.54) is 6.07 Å². The van der Waals surface area contributed by atoms with Gasteiger partial charge in [0, 0.05) is 13.1 Å². The molecule has 5 heteroatoms. The SMILES string of the molecule is CCCC(C)N(C)c1cccc(F)c1C(N)=NO. The van der Waals surface area contributed by atoms with Gasteiger partial charge in [0.05, 0.1) is 11.3 Å². The van der Waals surface area contributed by atoms with Gasteiger partial charge in [-0.2, -0.15) is 0 Å². The van der Waals surface area contributed by atoms with E-state index in [0.29, 0.717) is 5.69 Å². The molecule has 1 aromatic carbocycles. The van der Waals surface area contributed by atoms with Crippen molar-refractivity contribution in [1.82, 2.24) is 0 Å². The molecule has 0 saturated heterocycles. The lowest BCUT2D eigenvalue weighted by Gasteiger charge is -2.28. The monoisotopic (exact) mass is 253 g/mol. The highest BCUT2D eigenvalue weighted by Gasteiger charge is 2.18. The predicted octanol–water partition coefficient (Wildman–Crippen LogP) is 2.55. The number of halogens is 1. The van der Waals surface area contributed by atoms with Gasteiger partial charge in [0.15, 0.2) is 5.84 Å². The third kappa shape index (κ3) is 2.91. The molecule has 0 bridgehead atoms. The van der Waals surface area contributed by atoms with Gasteiger partial charge in [-0.1, -0.05) is 24.6 Å². The summed E-state index contributed by atoms with van der Waals surface area (Å²) in [6.45, 7) is 4.16. The van der Waals surface area contributed by atoms with Crippen molar-refractivity contribution in [2.24, 2.45) is 10.9 Å². The van der Waals surface area contributed by atoms with Crippen LogP contribution >= 0.6 is 0 Å². The quantitative estimate of drug-likeness (QED) is 0.367. The maximum absolute atomic E-state index is 13.8. The fourth-order valence-electron chi connectivity index (χ4n) is 1.96. The van der Waals surface area contributed by atoms with Gasteiger partial charge in [-0.25, -0.2) is 4.39 Å². The molecule has 18 heavy (non-hydrogen) atoms. The fraction of sp³-hybridized carbons (Fsp3) is 0.462. The average molecular weight is 253 g/mol. The molecule has 1 atom stereocenters. The van der Waals surface area contributed by atoms with Crippen LogP contribution in [-0.4, -0.2) is 24.1 Å². The Hall–Kier alpha value is -1.78. The second kappa shape index (κ2) is 6.23. The van der Waals surface area contributed by atoms with Gasteiger partial charge in [-0.3, -0.25) is 0 Å². The lowest BCUT2D eigenvalue weighted by molar-refractivity contribution is 0.318. The maximum atomic E-state index is 13.8. The maximum Gasteiger partial charge on any atom is 0.175 e. The van der Waals surface area contributed by atoms with Crippen molar-refractivity contribution in [3.8, 4) is 0 Å². The third-order valence-electron chi connectivity index (χ3n) is 3.10. The van der Waals surface area contributed by atoms with Crippen LogP contribution in [0.4, 0.5) is 10.1 Å². The molecule has 0 spiro atoms. The molecule has 0 aromatic heterocycles. The van der Waals surface area contributed by atoms with Crippen molar-refractivity contribution in [2.45, 2.75) is 32.7 Å². The van der Waals surface area contributed by atoms with Gasteiger partial charge in [-0.05, 0) is 25.5 Å². The Morgan fingerprint density at radius 2 is 2.22 bits per heavy atom. The summed E-state index contributed by atoms with van der Waals surface area (Å²) in [6, 6.07) is 4.94. The third-order valence-corrected chi connectivity index (χ3v) is 3.10. The van der Waals surface area contributed by atoms with Crippen molar-refractivity contribution >= 4 is 11.5 Å². The molecule has 0 aliphatic rings. The largest absolute Gasteiger partial charge is 0.409 e. The summed E-state index contributed by atoms with van der Waals surface area (Å²) in [6.07, 6.45) is 2.03. The number of anilines is 1. The van der Waals surface area contributed by atoms with Crippen LogP contribution in [-0.2, 0) is 0 Å². The molecule has 0 amide bonds. The Kier molecular flexibility index (Phi) is 4.95. The Bertz CT molecular complexity index is 434. The summed E-state index contributed by atoms with van der Waals surface area (Å²) >= 11 is 0. The molecule has 0 radical (unpaired) electrons. The molecular weight excluding hydrogens is 233 g/mol. The Balaban J connectivity index is 3.20. The van der Waals surface area contributed by atoms with E-state index in [1.807, 2.05) is 11.9 Å². The molecule has 0 heterocycles. The lowest BCUT2D eigenvalue weighted by atomic mass is 10.1. The van der Waals surface area contributed by atoms with Gasteiger partial charge >= 0.3 is 0 Å². The first-order valence-electron chi connectivity index (χ1n) is 6.02.